The third kappa shape index (κ3) is 3.28. The molecule has 0 radical (unpaired) electrons. The fraction of sp³-hybridized carbons (Fsp3) is 0. The van der Waals surface area contributed by atoms with Crippen LogP contribution >= 0.6 is 34.8 Å². The van der Waals surface area contributed by atoms with E-state index in [-0.39, 0.29) is 5.69 Å². The average Bonchev–Trinajstić information content (AvgIpc) is 2.41. The predicted molar refractivity (Wildman–Crippen MR) is 81.8 cm³/mol. The van der Waals surface area contributed by atoms with Crippen molar-refractivity contribution in [1.29, 1.82) is 0 Å². The fourth-order valence-electron chi connectivity index (χ4n) is 1.47. The van der Waals surface area contributed by atoms with Gasteiger partial charge in [-0.2, -0.15) is 0 Å². The molecule has 0 spiro atoms. The van der Waals surface area contributed by atoms with Crippen LogP contribution in [0.3, 0.4) is 0 Å². The van der Waals surface area contributed by atoms with Gasteiger partial charge in [0, 0.05) is 28.9 Å². The largest absolute Gasteiger partial charge is 0.270 e. The summed E-state index contributed by atoms with van der Waals surface area (Å²) in [6.07, 6.45) is 1.41. The lowest BCUT2D eigenvalue weighted by Gasteiger charge is -2.01. The summed E-state index contributed by atoms with van der Waals surface area (Å²) < 4.78 is 0. The Hall–Kier alpha value is -1.62. The fourth-order valence-corrected chi connectivity index (χ4v) is 1.99. The quantitative estimate of drug-likeness (QED) is 0.435. The van der Waals surface area contributed by atoms with Crippen LogP contribution in [0.1, 0.15) is 5.56 Å². The predicted octanol–water partition coefficient (Wildman–Crippen LogP) is 5.31. The minimum Gasteiger partial charge on any atom is -0.258 e. The van der Waals surface area contributed by atoms with Crippen molar-refractivity contribution >= 4 is 52.4 Å². The van der Waals surface area contributed by atoms with Gasteiger partial charge in [0.25, 0.3) is 5.69 Å². The molecule has 0 atom stereocenters. The molecular formula is C13H7Cl3N2O2. The standard InChI is InChI=1S/C13H7Cl3N2O2/c14-10-5-4-9(18(19)20)6-8(10)7-17-12-3-1-2-11(15)13(12)16/h1-7H. The van der Waals surface area contributed by atoms with Crippen LogP contribution in [-0.2, 0) is 0 Å². The van der Waals surface area contributed by atoms with E-state index in [0.29, 0.717) is 26.3 Å². The maximum Gasteiger partial charge on any atom is 0.270 e. The minimum absolute atomic E-state index is 0.0620. The molecule has 0 saturated heterocycles. The van der Waals surface area contributed by atoms with Gasteiger partial charge in [0.2, 0.25) is 0 Å². The van der Waals surface area contributed by atoms with Gasteiger partial charge < -0.3 is 0 Å². The molecule has 0 aliphatic carbocycles. The molecule has 0 aromatic heterocycles. The molecule has 4 nitrogen and oxygen atoms in total. The molecule has 20 heavy (non-hydrogen) atoms. The molecule has 0 aliphatic rings. The lowest BCUT2D eigenvalue weighted by molar-refractivity contribution is -0.384. The summed E-state index contributed by atoms with van der Waals surface area (Å²) in [7, 11) is 0. The molecule has 2 rings (SSSR count). The van der Waals surface area contributed by atoms with E-state index in [4.69, 9.17) is 34.8 Å². The smallest absolute Gasteiger partial charge is 0.258 e. The molecule has 7 heteroatoms. The lowest BCUT2D eigenvalue weighted by Crippen LogP contribution is -1.90. The topological polar surface area (TPSA) is 55.5 Å². The Morgan fingerprint density at radius 1 is 1.10 bits per heavy atom. The number of rotatable bonds is 3. The summed E-state index contributed by atoms with van der Waals surface area (Å²) in [5.41, 5.74) is 0.826. The first-order valence-electron chi connectivity index (χ1n) is 5.41. The van der Waals surface area contributed by atoms with Gasteiger partial charge in [0.05, 0.1) is 20.7 Å². The normalized spacial score (nSPS) is 10.9. The molecule has 0 fully saturated rings. The van der Waals surface area contributed by atoms with E-state index < -0.39 is 4.92 Å². The van der Waals surface area contributed by atoms with Crippen molar-refractivity contribution in [3.8, 4) is 0 Å². The molecule has 0 heterocycles. The lowest BCUT2D eigenvalue weighted by atomic mass is 10.2. The second-order valence-electron chi connectivity index (χ2n) is 3.79. The summed E-state index contributed by atoms with van der Waals surface area (Å²) in [6.45, 7) is 0. The summed E-state index contributed by atoms with van der Waals surface area (Å²) in [4.78, 5) is 14.4. The molecule has 0 unspecified atom stereocenters. The zero-order valence-electron chi connectivity index (χ0n) is 9.89. The van der Waals surface area contributed by atoms with E-state index in [1.165, 1.54) is 24.4 Å². The third-order valence-corrected chi connectivity index (χ3v) is 3.62. The summed E-state index contributed by atoms with van der Waals surface area (Å²) in [5.74, 6) is 0. The van der Waals surface area contributed by atoms with Gasteiger partial charge in [-0.25, -0.2) is 0 Å². The van der Waals surface area contributed by atoms with Gasteiger partial charge in [0.15, 0.2) is 0 Å². The van der Waals surface area contributed by atoms with Crippen molar-refractivity contribution in [1.82, 2.24) is 0 Å². The Morgan fingerprint density at radius 2 is 1.85 bits per heavy atom. The average molecular weight is 330 g/mol. The van der Waals surface area contributed by atoms with Crippen molar-refractivity contribution in [3.63, 3.8) is 0 Å². The zero-order valence-corrected chi connectivity index (χ0v) is 12.2. The molecule has 2 aromatic rings. The summed E-state index contributed by atoms with van der Waals surface area (Å²) in [5, 5.41) is 11.8. The molecule has 102 valence electrons. The zero-order chi connectivity index (χ0) is 14.7. The highest BCUT2D eigenvalue weighted by atomic mass is 35.5. The van der Waals surface area contributed by atoms with Gasteiger partial charge in [-0.15, -0.1) is 0 Å². The maximum absolute atomic E-state index is 10.7. The van der Waals surface area contributed by atoms with Crippen LogP contribution in [0.15, 0.2) is 41.4 Å². The molecule has 0 bridgehead atoms. The van der Waals surface area contributed by atoms with E-state index in [9.17, 15) is 10.1 Å². The number of hydrogen-bond acceptors (Lipinski definition) is 3. The number of nitro benzene ring substituents is 1. The van der Waals surface area contributed by atoms with Gasteiger partial charge in [0.1, 0.15) is 0 Å². The maximum atomic E-state index is 10.7. The Labute approximate surface area is 129 Å². The minimum atomic E-state index is -0.500. The highest BCUT2D eigenvalue weighted by molar-refractivity contribution is 6.43. The van der Waals surface area contributed by atoms with Crippen LogP contribution in [0, 0.1) is 10.1 Å². The third-order valence-electron chi connectivity index (χ3n) is 2.46. The first-order valence-corrected chi connectivity index (χ1v) is 6.54. The second-order valence-corrected chi connectivity index (χ2v) is 4.99. The van der Waals surface area contributed by atoms with E-state index >= 15 is 0 Å². The Morgan fingerprint density at radius 3 is 2.55 bits per heavy atom. The highest BCUT2D eigenvalue weighted by Crippen LogP contribution is 2.32. The molecule has 0 aliphatic heterocycles. The number of halogens is 3. The Bertz CT molecular complexity index is 702. The van der Waals surface area contributed by atoms with Gasteiger partial charge in [-0.3, -0.25) is 15.1 Å². The number of benzene rings is 2. The molecule has 2 aromatic carbocycles. The van der Waals surface area contributed by atoms with E-state index in [1.54, 1.807) is 18.2 Å². The molecule has 0 amide bonds. The van der Waals surface area contributed by atoms with Gasteiger partial charge in [-0.1, -0.05) is 40.9 Å². The number of nitro groups is 1. The number of nitrogens with zero attached hydrogens (tertiary/aromatic N) is 2. The summed E-state index contributed by atoms with van der Waals surface area (Å²) >= 11 is 17.8. The van der Waals surface area contributed by atoms with Crippen molar-refractivity contribution in [2.24, 2.45) is 4.99 Å². The van der Waals surface area contributed by atoms with Crippen molar-refractivity contribution < 1.29 is 4.92 Å². The van der Waals surface area contributed by atoms with Crippen LogP contribution in [0.4, 0.5) is 11.4 Å². The van der Waals surface area contributed by atoms with E-state index in [0.717, 1.165) is 0 Å². The van der Waals surface area contributed by atoms with Crippen LogP contribution in [0.5, 0.6) is 0 Å². The Kier molecular flexibility index (Phi) is 4.60. The molecule has 0 N–H and O–H groups in total. The van der Waals surface area contributed by atoms with Crippen molar-refractivity contribution in [2.75, 3.05) is 0 Å². The number of aliphatic imine (C=N–C) groups is 1. The first-order chi connectivity index (χ1) is 9.49. The molecular weight excluding hydrogens is 323 g/mol. The van der Waals surface area contributed by atoms with E-state index in [2.05, 4.69) is 4.99 Å². The number of non-ortho nitro benzene ring substituents is 1. The summed E-state index contributed by atoms with van der Waals surface area (Å²) in [6, 6.07) is 9.13. The first kappa shape index (κ1) is 14.8. The van der Waals surface area contributed by atoms with Crippen LogP contribution in [0.2, 0.25) is 15.1 Å². The van der Waals surface area contributed by atoms with Crippen molar-refractivity contribution in [2.45, 2.75) is 0 Å². The molecule has 0 saturated carbocycles. The Balaban J connectivity index is 2.38. The monoisotopic (exact) mass is 328 g/mol. The number of hydrogen-bond donors (Lipinski definition) is 0. The van der Waals surface area contributed by atoms with Crippen LogP contribution < -0.4 is 0 Å². The van der Waals surface area contributed by atoms with Gasteiger partial charge in [-0.05, 0) is 18.2 Å². The van der Waals surface area contributed by atoms with Crippen molar-refractivity contribution in [3.05, 3.63) is 67.1 Å². The SMILES string of the molecule is O=[N+]([O-])c1ccc(Cl)c(C=Nc2cccc(Cl)c2Cl)c1. The second kappa shape index (κ2) is 6.22. The van der Waals surface area contributed by atoms with Crippen LogP contribution in [0.25, 0.3) is 0 Å². The van der Waals surface area contributed by atoms with Crippen LogP contribution in [-0.4, -0.2) is 11.1 Å². The highest BCUT2D eigenvalue weighted by Gasteiger charge is 2.08. The van der Waals surface area contributed by atoms with Gasteiger partial charge >= 0.3 is 0 Å². The van der Waals surface area contributed by atoms with E-state index in [1.807, 2.05) is 0 Å².